The molecule has 1 aliphatic carbocycles. The van der Waals surface area contributed by atoms with E-state index < -0.39 is 0 Å². The van der Waals surface area contributed by atoms with Gasteiger partial charge in [-0.25, -0.2) is 0 Å². The Labute approximate surface area is 200 Å². The molecule has 1 aromatic carbocycles. The van der Waals surface area contributed by atoms with Gasteiger partial charge in [0, 0.05) is 39.3 Å². The van der Waals surface area contributed by atoms with Gasteiger partial charge in [0.05, 0.1) is 29.2 Å². The van der Waals surface area contributed by atoms with Crippen molar-refractivity contribution >= 4 is 23.1 Å². The van der Waals surface area contributed by atoms with E-state index in [2.05, 4.69) is 44.8 Å². The molecule has 0 unspecified atom stereocenters. The molecule has 0 spiro atoms. The third-order valence-electron chi connectivity index (χ3n) is 7.04. The molecule has 3 aromatic rings. The molecule has 0 atom stereocenters. The van der Waals surface area contributed by atoms with Crippen LogP contribution in [-0.4, -0.2) is 51.6 Å². The number of pyridine rings is 1. The molecule has 8 heteroatoms. The van der Waals surface area contributed by atoms with Crippen LogP contribution in [0.1, 0.15) is 64.8 Å². The van der Waals surface area contributed by atoms with Crippen LogP contribution in [-0.2, 0) is 13.0 Å². The smallest absolute Gasteiger partial charge is 0.257 e. The molecule has 0 radical (unpaired) electrons. The molecule has 1 saturated heterocycles. The van der Waals surface area contributed by atoms with Gasteiger partial charge in [-0.3, -0.25) is 19.3 Å². The van der Waals surface area contributed by atoms with Crippen LogP contribution >= 0.6 is 0 Å². The summed E-state index contributed by atoms with van der Waals surface area (Å²) in [4.78, 5) is 31.8. The molecule has 3 aliphatic rings. The molecule has 4 heterocycles. The Morgan fingerprint density at radius 2 is 2.03 bits per heavy atom. The molecule has 2 aliphatic heterocycles. The molecule has 0 saturated carbocycles. The lowest BCUT2D eigenvalue weighted by Crippen LogP contribution is -2.31. The zero-order valence-corrected chi connectivity index (χ0v) is 19.0. The maximum atomic E-state index is 13.0. The maximum absolute atomic E-state index is 13.0. The number of hydrogen-bond donors (Lipinski definition) is 2. The summed E-state index contributed by atoms with van der Waals surface area (Å²) in [5.74, 6) is -0.227. The zero-order valence-electron chi connectivity index (χ0n) is 19.0. The van der Waals surface area contributed by atoms with E-state index in [9.17, 15) is 9.59 Å². The largest absolute Gasteiger partial charge is 0.348 e. The molecule has 176 valence electrons. The number of nitrogens with zero attached hydrogens (tertiary/aromatic N) is 4. The van der Waals surface area contributed by atoms with Crippen LogP contribution in [0.5, 0.6) is 0 Å². The molecule has 2 N–H and O–H groups in total. The summed E-state index contributed by atoms with van der Waals surface area (Å²) < 4.78 is 1.97. The molecular weight excluding hydrogens is 428 g/mol. The lowest BCUT2D eigenvalue weighted by atomic mass is 9.96. The minimum Gasteiger partial charge on any atom is -0.348 e. The molecule has 6 rings (SSSR count). The number of carbonyl (C=O) groups excluding carboxylic acids is 2. The second-order valence-electron chi connectivity index (χ2n) is 9.29. The summed E-state index contributed by atoms with van der Waals surface area (Å²) in [5, 5.41) is 10.3. The molecule has 2 amide bonds. The molecular formula is C26H30N6O2. The standard InChI is InChI=1S/C26H26N6O2.2H2/c1-31-8-6-20(7-9-31)32-15-19(14-29-32)30-25(33)18-11-23-21(4-5-24(23)27-13-18)16-2-3-22-17(10-16)12-28-26(22)34;;/h2-4,10-11,13-15,20H,5-9,12H2,1H3,(H,28,34)(H,30,33);2*1H. The quantitative estimate of drug-likeness (QED) is 0.624. The Balaban J connectivity index is 0.00000152. The number of carbonyl (C=O) groups is 2. The third-order valence-corrected chi connectivity index (χ3v) is 7.04. The van der Waals surface area contributed by atoms with Gasteiger partial charge in [0.15, 0.2) is 0 Å². The molecule has 1 fully saturated rings. The summed E-state index contributed by atoms with van der Waals surface area (Å²) in [6.07, 6.45) is 10.2. The first kappa shape index (κ1) is 20.8. The fraction of sp³-hybridized carbons (Fsp3) is 0.308. The average Bonchev–Trinajstić information content (AvgIpc) is 3.58. The first-order valence-corrected chi connectivity index (χ1v) is 11.7. The van der Waals surface area contributed by atoms with Crippen LogP contribution in [0.2, 0.25) is 0 Å². The number of allylic oxidation sites excluding steroid dienone is 1. The highest BCUT2D eigenvalue weighted by Gasteiger charge is 2.24. The van der Waals surface area contributed by atoms with E-state index in [1.165, 1.54) is 0 Å². The number of hydrogen-bond acceptors (Lipinski definition) is 5. The number of piperidine rings is 1. The number of amides is 2. The Hall–Kier alpha value is -3.78. The summed E-state index contributed by atoms with van der Waals surface area (Å²) in [7, 11) is 2.14. The monoisotopic (exact) mass is 458 g/mol. The van der Waals surface area contributed by atoms with E-state index in [0.29, 0.717) is 23.8 Å². The average molecular weight is 459 g/mol. The number of likely N-dealkylation sites (tertiary alicyclic amines) is 1. The topological polar surface area (TPSA) is 92.1 Å². The van der Waals surface area contributed by atoms with E-state index in [1.54, 1.807) is 12.4 Å². The van der Waals surface area contributed by atoms with E-state index in [0.717, 1.165) is 65.9 Å². The van der Waals surface area contributed by atoms with Crippen LogP contribution in [0.25, 0.3) is 5.57 Å². The number of nitrogens with one attached hydrogen (secondary N) is 2. The Morgan fingerprint density at radius 3 is 2.88 bits per heavy atom. The minimum absolute atomic E-state index is 0. The van der Waals surface area contributed by atoms with Crippen molar-refractivity contribution in [2.45, 2.75) is 31.8 Å². The zero-order chi connectivity index (χ0) is 23.2. The highest BCUT2D eigenvalue weighted by atomic mass is 16.2. The number of rotatable bonds is 4. The van der Waals surface area contributed by atoms with Crippen LogP contribution < -0.4 is 10.6 Å². The normalized spacial score (nSPS) is 17.8. The highest BCUT2D eigenvalue weighted by molar-refractivity contribution is 6.05. The van der Waals surface area contributed by atoms with E-state index in [4.69, 9.17) is 0 Å². The second kappa shape index (κ2) is 8.22. The van der Waals surface area contributed by atoms with Crippen molar-refractivity contribution < 1.29 is 12.4 Å². The predicted octanol–water partition coefficient (Wildman–Crippen LogP) is 3.52. The Morgan fingerprint density at radius 1 is 1.18 bits per heavy atom. The number of fused-ring (bicyclic) bond motifs is 2. The fourth-order valence-corrected chi connectivity index (χ4v) is 5.06. The van der Waals surface area contributed by atoms with Crippen molar-refractivity contribution in [3.63, 3.8) is 0 Å². The van der Waals surface area contributed by atoms with Crippen molar-refractivity contribution in [2.24, 2.45) is 0 Å². The summed E-state index contributed by atoms with van der Waals surface area (Å²) in [6.45, 7) is 2.66. The Kier molecular flexibility index (Phi) is 5.03. The van der Waals surface area contributed by atoms with Gasteiger partial charge in [-0.15, -0.1) is 0 Å². The van der Waals surface area contributed by atoms with E-state index in [1.807, 2.05) is 29.1 Å². The van der Waals surface area contributed by atoms with E-state index in [-0.39, 0.29) is 14.7 Å². The van der Waals surface area contributed by atoms with Crippen LogP contribution in [0.4, 0.5) is 5.69 Å². The highest BCUT2D eigenvalue weighted by Crippen LogP contribution is 2.34. The predicted molar refractivity (Wildman–Crippen MR) is 133 cm³/mol. The van der Waals surface area contributed by atoms with Crippen molar-refractivity contribution in [3.8, 4) is 0 Å². The van der Waals surface area contributed by atoms with Crippen molar-refractivity contribution in [1.29, 1.82) is 0 Å². The van der Waals surface area contributed by atoms with Gasteiger partial charge < -0.3 is 15.5 Å². The Bertz CT molecular complexity index is 1340. The van der Waals surface area contributed by atoms with Gasteiger partial charge in [0.2, 0.25) is 0 Å². The van der Waals surface area contributed by atoms with Crippen molar-refractivity contribution in [2.75, 3.05) is 25.5 Å². The maximum Gasteiger partial charge on any atom is 0.257 e. The van der Waals surface area contributed by atoms with Crippen LogP contribution in [0.3, 0.4) is 0 Å². The number of anilines is 1. The summed E-state index contributed by atoms with van der Waals surface area (Å²) in [5.41, 5.74) is 6.94. The summed E-state index contributed by atoms with van der Waals surface area (Å²) >= 11 is 0. The van der Waals surface area contributed by atoms with E-state index >= 15 is 0 Å². The SMILES string of the molecule is CN1CCC(n2cc(NC(=O)c3cnc4c(c3)C(c3ccc5c(c3)CNC5=O)=CC4)cn2)CC1.[HH].[HH]. The fourth-order valence-electron chi connectivity index (χ4n) is 5.06. The molecule has 34 heavy (non-hydrogen) atoms. The molecule has 0 bridgehead atoms. The lowest BCUT2D eigenvalue weighted by molar-refractivity contribution is 0.0964. The van der Waals surface area contributed by atoms with Crippen molar-refractivity contribution in [3.05, 3.63) is 82.4 Å². The third kappa shape index (κ3) is 3.70. The van der Waals surface area contributed by atoms with Crippen LogP contribution in [0, 0.1) is 0 Å². The number of aromatic nitrogens is 3. The van der Waals surface area contributed by atoms with Crippen LogP contribution in [0.15, 0.2) is 48.9 Å². The number of benzene rings is 1. The second-order valence-corrected chi connectivity index (χ2v) is 9.29. The van der Waals surface area contributed by atoms with Gasteiger partial charge in [0.25, 0.3) is 11.8 Å². The van der Waals surface area contributed by atoms with Gasteiger partial charge in [0.1, 0.15) is 0 Å². The first-order chi connectivity index (χ1) is 16.5. The van der Waals surface area contributed by atoms with Gasteiger partial charge >= 0.3 is 0 Å². The molecule has 8 nitrogen and oxygen atoms in total. The van der Waals surface area contributed by atoms with Gasteiger partial charge in [-0.05, 0) is 67.9 Å². The van der Waals surface area contributed by atoms with Crippen molar-refractivity contribution in [1.82, 2.24) is 25.0 Å². The minimum atomic E-state index is -0.201. The lowest BCUT2D eigenvalue weighted by Gasteiger charge is -2.28. The molecule has 2 aromatic heterocycles. The summed E-state index contributed by atoms with van der Waals surface area (Å²) in [6, 6.07) is 8.17. The van der Waals surface area contributed by atoms with Gasteiger partial charge in [-0.2, -0.15) is 5.10 Å². The van der Waals surface area contributed by atoms with Gasteiger partial charge in [-0.1, -0.05) is 12.1 Å². The first-order valence-electron chi connectivity index (χ1n) is 11.7.